The van der Waals surface area contributed by atoms with Crippen LogP contribution in [0.4, 0.5) is 0 Å². The molecule has 0 amide bonds. The minimum atomic E-state index is 0.497. The largest absolute Gasteiger partial charge is 0.381 e. The molecule has 96 valence electrons. The lowest BCUT2D eigenvalue weighted by Crippen LogP contribution is -2.16. The molecule has 0 unspecified atom stereocenters. The van der Waals surface area contributed by atoms with Crippen molar-refractivity contribution in [3.63, 3.8) is 0 Å². The smallest absolute Gasteiger partial charge is 0.0522 e. The first-order valence-corrected chi connectivity index (χ1v) is 7.11. The predicted octanol–water partition coefficient (Wildman–Crippen LogP) is 3.49. The van der Waals surface area contributed by atoms with E-state index in [1.807, 2.05) is 0 Å². The summed E-state index contributed by atoms with van der Waals surface area (Å²) < 4.78 is 5.76. The van der Waals surface area contributed by atoms with Crippen molar-refractivity contribution < 1.29 is 4.74 Å². The molecule has 0 aromatic heterocycles. The molecule has 1 rings (SSSR count). The molecule has 1 aliphatic rings. The normalized spacial score (nSPS) is 17.6. The standard InChI is InChI=1S/C14H29NO/c1-2-3-4-5-6-7-12-16-13-14(8-9-14)10-11-15/h2-13,15H2,1H3. The van der Waals surface area contributed by atoms with Gasteiger partial charge in [0.25, 0.3) is 0 Å². The maximum atomic E-state index is 5.76. The summed E-state index contributed by atoms with van der Waals surface area (Å²) in [4.78, 5) is 0. The van der Waals surface area contributed by atoms with Gasteiger partial charge in [-0.1, -0.05) is 39.0 Å². The van der Waals surface area contributed by atoms with Crippen molar-refractivity contribution in [1.82, 2.24) is 0 Å². The molecule has 1 aliphatic carbocycles. The first kappa shape index (κ1) is 14.0. The lowest BCUT2D eigenvalue weighted by molar-refractivity contribution is 0.0845. The third-order valence-corrected chi connectivity index (χ3v) is 3.68. The molecular weight excluding hydrogens is 198 g/mol. The Hall–Kier alpha value is -0.0800. The van der Waals surface area contributed by atoms with Gasteiger partial charge in [-0.15, -0.1) is 0 Å². The molecule has 0 atom stereocenters. The Bertz CT molecular complexity index is 166. The van der Waals surface area contributed by atoms with Gasteiger partial charge in [-0.3, -0.25) is 0 Å². The molecule has 16 heavy (non-hydrogen) atoms. The monoisotopic (exact) mass is 227 g/mol. The molecule has 0 heterocycles. The number of rotatable bonds is 11. The van der Waals surface area contributed by atoms with Gasteiger partial charge in [0.2, 0.25) is 0 Å². The summed E-state index contributed by atoms with van der Waals surface area (Å²) in [5.41, 5.74) is 6.09. The quantitative estimate of drug-likeness (QED) is 0.548. The van der Waals surface area contributed by atoms with E-state index in [1.165, 1.54) is 51.4 Å². The molecular formula is C14H29NO. The second-order valence-corrected chi connectivity index (χ2v) is 5.36. The molecule has 2 nitrogen and oxygen atoms in total. The van der Waals surface area contributed by atoms with E-state index in [2.05, 4.69) is 6.92 Å². The van der Waals surface area contributed by atoms with Crippen molar-refractivity contribution in [3.8, 4) is 0 Å². The Labute approximate surface area is 101 Å². The topological polar surface area (TPSA) is 35.2 Å². The van der Waals surface area contributed by atoms with Crippen LogP contribution in [0.15, 0.2) is 0 Å². The van der Waals surface area contributed by atoms with Crippen LogP contribution in [0, 0.1) is 5.41 Å². The second kappa shape index (κ2) is 8.08. The number of nitrogens with two attached hydrogens (primary N) is 1. The zero-order valence-electron chi connectivity index (χ0n) is 11.0. The van der Waals surface area contributed by atoms with Crippen LogP contribution in [0.25, 0.3) is 0 Å². The van der Waals surface area contributed by atoms with Gasteiger partial charge in [-0.25, -0.2) is 0 Å². The van der Waals surface area contributed by atoms with Gasteiger partial charge in [-0.2, -0.15) is 0 Å². The van der Waals surface area contributed by atoms with Crippen LogP contribution < -0.4 is 5.73 Å². The summed E-state index contributed by atoms with van der Waals surface area (Å²) in [6.07, 6.45) is 11.9. The number of ether oxygens (including phenoxy) is 1. The predicted molar refractivity (Wildman–Crippen MR) is 69.5 cm³/mol. The number of unbranched alkanes of at least 4 members (excludes halogenated alkanes) is 5. The van der Waals surface area contributed by atoms with Gasteiger partial charge in [0, 0.05) is 6.61 Å². The highest BCUT2D eigenvalue weighted by Gasteiger charge is 2.41. The fourth-order valence-electron chi connectivity index (χ4n) is 2.22. The highest BCUT2D eigenvalue weighted by molar-refractivity contribution is 4.92. The van der Waals surface area contributed by atoms with E-state index in [9.17, 15) is 0 Å². The Morgan fingerprint density at radius 3 is 2.38 bits per heavy atom. The van der Waals surface area contributed by atoms with Gasteiger partial charge in [0.15, 0.2) is 0 Å². The van der Waals surface area contributed by atoms with Crippen molar-refractivity contribution >= 4 is 0 Å². The third kappa shape index (κ3) is 5.86. The summed E-state index contributed by atoms with van der Waals surface area (Å²) in [7, 11) is 0. The Morgan fingerprint density at radius 2 is 1.75 bits per heavy atom. The van der Waals surface area contributed by atoms with Gasteiger partial charge in [-0.05, 0) is 37.6 Å². The number of hydrogen-bond donors (Lipinski definition) is 1. The molecule has 0 spiro atoms. The second-order valence-electron chi connectivity index (χ2n) is 5.36. The zero-order chi connectivity index (χ0) is 11.7. The van der Waals surface area contributed by atoms with Gasteiger partial charge >= 0.3 is 0 Å². The van der Waals surface area contributed by atoms with Crippen LogP contribution in [-0.4, -0.2) is 19.8 Å². The summed E-state index contributed by atoms with van der Waals surface area (Å²) in [5.74, 6) is 0. The molecule has 0 aliphatic heterocycles. The fraction of sp³-hybridized carbons (Fsp3) is 1.00. The van der Waals surface area contributed by atoms with Crippen LogP contribution in [0.5, 0.6) is 0 Å². The first-order chi connectivity index (χ1) is 7.83. The highest BCUT2D eigenvalue weighted by Crippen LogP contribution is 2.48. The van der Waals surface area contributed by atoms with Crippen LogP contribution in [-0.2, 0) is 4.74 Å². The van der Waals surface area contributed by atoms with Crippen molar-refractivity contribution in [3.05, 3.63) is 0 Å². The lowest BCUT2D eigenvalue weighted by atomic mass is 10.0. The number of hydrogen-bond acceptors (Lipinski definition) is 2. The van der Waals surface area contributed by atoms with Crippen molar-refractivity contribution in [2.45, 2.75) is 64.7 Å². The van der Waals surface area contributed by atoms with E-state index in [0.717, 1.165) is 26.2 Å². The molecule has 0 saturated heterocycles. The molecule has 1 saturated carbocycles. The molecule has 0 bridgehead atoms. The third-order valence-electron chi connectivity index (χ3n) is 3.68. The van der Waals surface area contributed by atoms with E-state index in [-0.39, 0.29) is 0 Å². The molecule has 2 heteroatoms. The van der Waals surface area contributed by atoms with Crippen LogP contribution in [0.1, 0.15) is 64.7 Å². The van der Waals surface area contributed by atoms with Gasteiger partial charge < -0.3 is 10.5 Å². The molecule has 1 fully saturated rings. The molecule has 0 aromatic rings. The van der Waals surface area contributed by atoms with Crippen LogP contribution in [0.3, 0.4) is 0 Å². The first-order valence-electron chi connectivity index (χ1n) is 7.11. The van der Waals surface area contributed by atoms with E-state index in [0.29, 0.717) is 5.41 Å². The van der Waals surface area contributed by atoms with Crippen molar-refractivity contribution in [2.24, 2.45) is 11.1 Å². The SMILES string of the molecule is CCCCCCCCOCC1(CCN)CC1. The molecule has 0 radical (unpaired) electrons. The summed E-state index contributed by atoms with van der Waals surface area (Å²) >= 11 is 0. The van der Waals surface area contributed by atoms with Crippen LogP contribution in [0.2, 0.25) is 0 Å². The summed E-state index contributed by atoms with van der Waals surface area (Å²) in [6, 6.07) is 0. The summed E-state index contributed by atoms with van der Waals surface area (Å²) in [6.45, 7) is 4.99. The van der Waals surface area contributed by atoms with Crippen LogP contribution >= 0.6 is 0 Å². The average molecular weight is 227 g/mol. The summed E-state index contributed by atoms with van der Waals surface area (Å²) in [5, 5.41) is 0. The zero-order valence-corrected chi connectivity index (χ0v) is 11.0. The van der Waals surface area contributed by atoms with E-state index >= 15 is 0 Å². The van der Waals surface area contributed by atoms with E-state index in [4.69, 9.17) is 10.5 Å². The minimum Gasteiger partial charge on any atom is -0.381 e. The Balaban J connectivity index is 1.81. The van der Waals surface area contributed by atoms with Gasteiger partial charge in [0.05, 0.1) is 6.61 Å². The van der Waals surface area contributed by atoms with Crippen molar-refractivity contribution in [1.29, 1.82) is 0 Å². The molecule has 2 N–H and O–H groups in total. The maximum absolute atomic E-state index is 5.76. The van der Waals surface area contributed by atoms with Gasteiger partial charge in [0.1, 0.15) is 0 Å². The fourth-order valence-corrected chi connectivity index (χ4v) is 2.22. The minimum absolute atomic E-state index is 0.497. The van der Waals surface area contributed by atoms with E-state index < -0.39 is 0 Å². The van der Waals surface area contributed by atoms with E-state index in [1.54, 1.807) is 0 Å². The lowest BCUT2D eigenvalue weighted by Gasteiger charge is -2.13. The Kier molecular flexibility index (Phi) is 7.06. The average Bonchev–Trinajstić information content (AvgIpc) is 3.03. The molecule has 0 aromatic carbocycles. The highest BCUT2D eigenvalue weighted by atomic mass is 16.5. The van der Waals surface area contributed by atoms with Crippen molar-refractivity contribution in [2.75, 3.05) is 19.8 Å². The maximum Gasteiger partial charge on any atom is 0.0522 e. The Morgan fingerprint density at radius 1 is 1.06 bits per heavy atom.